The second kappa shape index (κ2) is 10.4. The second-order valence-electron chi connectivity index (χ2n) is 7.48. The van der Waals surface area contributed by atoms with Gasteiger partial charge < -0.3 is 14.8 Å². The Morgan fingerprint density at radius 1 is 1.22 bits per heavy atom. The van der Waals surface area contributed by atoms with E-state index in [0.29, 0.717) is 27.6 Å². The number of nitrogens with zero attached hydrogens (tertiary/aromatic N) is 4. The van der Waals surface area contributed by atoms with E-state index in [1.54, 1.807) is 25.1 Å². The maximum Gasteiger partial charge on any atom is 0.409 e. The summed E-state index contributed by atoms with van der Waals surface area (Å²) in [6.45, 7) is 1.85. The molecule has 0 aliphatic carbocycles. The van der Waals surface area contributed by atoms with Crippen molar-refractivity contribution in [1.29, 1.82) is 0 Å². The van der Waals surface area contributed by atoms with Gasteiger partial charge in [-0.2, -0.15) is 18.2 Å². The number of hydrogen-bond acceptors (Lipinski definition) is 9. The number of carbonyl (C=O) groups is 1. The van der Waals surface area contributed by atoms with Crippen LogP contribution < -0.4 is 20.5 Å². The highest BCUT2D eigenvalue weighted by Crippen LogP contribution is 2.34. The van der Waals surface area contributed by atoms with Crippen molar-refractivity contribution in [2.75, 3.05) is 24.0 Å². The molecule has 1 unspecified atom stereocenters. The molecule has 9 nitrogen and oxygen atoms in total. The van der Waals surface area contributed by atoms with Crippen molar-refractivity contribution < 1.29 is 27.4 Å². The molecule has 0 bridgehead atoms. The number of carbonyl (C=O) groups excluding carboxylic acids is 1. The predicted molar refractivity (Wildman–Crippen MR) is 127 cm³/mol. The largest absolute Gasteiger partial charge is 0.497 e. The van der Waals surface area contributed by atoms with Gasteiger partial charge in [0.15, 0.2) is 5.82 Å². The molecule has 0 fully saturated rings. The average Bonchev–Trinajstić information content (AvgIpc) is 3.35. The number of methoxy groups -OCH3 is 1. The summed E-state index contributed by atoms with van der Waals surface area (Å²) in [5.74, 6) is 0.0743. The topological polar surface area (TPSA) is 102 Å². The Balaban J connectivity index is 1.74. The Labute approximate surface area is 208 Å². The number of nitrogens with one attached hydrogen (secondary N) is 2. The minimum Gasteiger partial charge on any atom is -0.497 e. The lowest BCUT2D eigenvalue weighted by molar-refractivity contribution is -0.142. The van der Waals surface area contributed by atoms with Gasteiger partial charge in [0.1, 0.15) is 11.8 Å². The Bertz CT molecular complexity index is 1300. The molecule has 2 aromatic heterocycles. The van der Waals surface area contributed by atoms with Crippen LogP contribution >= 0.6 is 11.6 Å². The van der Waals surface area contributed by atoms with Crippen molar-refractivity contribution >= 4 is 35.0 Å². The number of benzene rings is 1. The molecule has 1 aliphatic heterocycles. The summed E-state index contributed by atoms with van der Waals surface area (Å²) in [6, 6.07) is 4.48. The van der Waals surface area contributed by atoms with E-state index in [1.807, 2.05) is 0 Å². The monoisotopic (exact) mass is 520 g/mol. The summed E-state index contributed by atoms with van der Waals surface area (Å²) in [7, 11) is 1.49. The fraction of sp³-hybridized carbons (Fsp3) is 0.217. The highest BCUT2D eigenvalue weighted by molar-refractivity contribution is 6.31. The summed E-state index contributed by atoms with van der Waals surface area (Å²) >= 11 is 6.12. The average molecular weight is 521 g/mol. The number of pyridine rings is 1. The number of alkyl halides is 3. The molecule has 0 amide bonds. The van der Waals surface area contributed by atoms with Crippen molar-refractivity contribution in [1.82, 2.24) is 20.4 Å². The highest BCUT2D eigenvalue weighted by Gasteiger charge is 2.41. The van der Waals surface area contributed by atoms with E-state index in [-0.39, 0.29) is 23.9 Å². The number of hydrogen-bond donors (Lipinski definition) is 2. The number of esters is 1. The standard InChI is InChI=1S/C23H20ClF3N6O3/c1-3-36-21(34)14-6-13(10-28-11-14)18-12-29-22(30-16-7-15(24)8-17(9-16)35-2)31-20(18)33-5-4-19(32-33)23(25,26)27/h4-12,19,32H,3H2,1-2H3,(H,29,30,31). The minimum absolute atomic E-state index is 0.0817. The lowest BCUT2D eigenvalue weighted by Gasteiger charge is -2.23. The molecule has 36 heavy (non-hydrogen) atoms. The number of hydrazine groups is 1. The van der Waals surface area contributed by atoms with Crippen LogP contribution in [0.25, 0.3) is 11.1 Å². The molecule has 2 N–H and O–H groups in total. The summed E-state index contributed by atoms with van der Waals surface area (Å²) in [5, 5.41) is 4.50. The van der Waals surface area contributed by atoms with Gasteiger partial charge in [-0.15, -0.1) is 0 Å². The third kappa shape index (κ3) is 5.66. The molecule has 1 aliphatic rings. The fourth-order valence-electron chi connectivity index (χ4n) is 3.34. The van der Waals surface area contributed by atoms with Crippen LogP contribution in [0.15, 0.2) is 55.1 Å². The molecular formula is C23H20ClF3N6O3. The van der Waals surface area contributed by atoms with Crippen LogP contribution in [0.5, 0.6) is 5.75 Å². The molecule has 1 aromatic carbocycles. The molecule has 0 spiro atoms. The third-order valence-electron chi connectivity index (χ3n) is 4.98. The molecule has 3 aromatic rings. The van der Waals surface area contributed by atoms with Gasteiger partial charge in [-0.1, -0.05) is 11.6 Å². The lowest BCUT2D eigenvalue weighted by atomic mass is 10.1. The van der Waals surface area contributed by atoms with Crippen LogP contribution in [0.2, 0.25) is 5.02 Å². The van der Waals surface area contributed by atoms with Crippen molar-refractivity contribution in [3.8, 4) is 16.9 Å². The van der Waals surface area contributed by atoms with Crippen LogP contribution in [0.1, 0.15) is 17.3 Å². The quantitative estimate of drug-likeness (QED) is 0.421. The van der Waals surface area contributed by atoms with Crippen LogP contribution in [0.3, 0.4) is 0 Å². The van der Waals surface area contributed by atoms with Gasteiger partial charge in [0, 0.05) is 52.7 Å². The molecule has 0 radical (unpaired) electrons. The number of rotatable bonds is 7. The van der Waals surface area contributed by atoms with Gasteiger partial charge in [-0.3, -0.25) is 9.99 Å². The second-order valence-corrected chi connectivity index (χ2v) is 7.91. The lowest BCUT2D eigenvalue weighted by Crippen LogP contribution is -2.44. The first-order valence-corrected chi connectivity index (χ1v) is 11.0. The van der Waals surface area contributed by atoms with E-state index in [4.69, 9.17) is 21.1 Å². The smallest absolute Gasteiger partial charge is 0.409 e. The Morgan fingerprint density at radius 3 is 2.72 bits per heavy atom. The molecule has 1 atom stereocenters. The van der Waals surface area contributed by atoms with Gasteiger partial charge >= 0.3 is 12.1 Å². The van der Waals surface area contributed by atoms with Crippen molar-refractivity contribution in [2.45, 2.75) is 19.1 Å². The highest BCUT2D eigenvalue weighted by atomic mass is 35.5. The van der Waals surface area contributed by atoms with Crippen LogP contribution in [-0.4, -0.2) is 46.9 Å². The summed E-state index contributed by atoms with van der Waals surface area (Å²) in [5.41, 5.74) is 3.76. The van der Waals surface area contributed by atoms with Gasteiger partial charge in [-0.05, 0) is 31.2 Å². The Hall–Kier alpha value is -3.90. The first-order valence-electron chi connectivity index (χ1n) is 10.6. The molecular weight excluding hydrogens is 501 g/mol. The van der Waals surface area contributed by atoms with Crippen LogP contribution in [-0.2, 0) is 4.74 Å². The SMILES string of the molecule is CCOC(=O)c1cncc(-c2cnc(Nc3cc(Cl)cc(OC)c3)nc2N2C=CC(C(F)(F)F)N2)c1. The molecule has 3 heterocycles. The Kier molecular flexibility index (Phi) is 7.27. The molecule has 0 saturated carbocycles. The van der Waals surface area contributed by atoms with E-state index >= 15 is 0 Å². The normalized spacial score (nSPS) is 15.2. The van der Waals surface area contributed by atoms with Crippen molar-refractivity contribution in [2.24, 2.45) is 0 Å². The zero-order chi connectivity index (χ0) is 25.9. The van der Waals surface area contributed by atoms with E-state index in [2.05, 4.69) is 25.7 Å². The van der Waals surface area contributed by atoms with E-state index in [9.17, 15) is 18.0 Å². The first-order chi connectivity index (χ1) is 17.2. The van der Waals surface area contributed by atoms with E-state index in [1.165, 1.54) is 38.0 Å². The van der Waals surface area contributed by atoms with Crippen molar-refractivity contribution in [3.63, 3.8) is 0 Å². The summed E-state index contributed by atoms with van der Waals surface area (Å²) < 4.78 is 50.1. The first kappa shape index (κ1) is 25.2. The predicted octanol–water partition coefficient (Wildman–Crippen LogP) is 4.89. The molecule has 0 saturated heterocycles. The number of ether oxygens (including phenoxy) is 2. The molecule has 4 rings (SSSR count). The van der Waals surface area contributed by atoms with Gasteiger partial charge in [0.25, 0.3) is 0 Å². The molecule has 13 heteroatoms. The fourth-order valence-corrected chi connectivity index (χ4v) is 3.56. The molecule has 188 valence electrons. The van der Waals surface area contributed by atoms with Gasteiger partial charge in [0.05, 0.1) is 19.3 Å². The zero-order valence-corrected chi connectivity index (χ0v) is 19.8. The van der Waals surface area contributed by atoms with E-state index < -0.39 is 18.2 Å². The van der Waals surface area contributed by atoms with Crippen LogP contribution in [0, 0.1) is 0 Å². The number of anilines is 3. The maximum atomic E-state index is 13.3. The number of halogens is 4. The van der Waals surface area contributed by atoms with Gasteiger partial charge in [-0.25, -0.2) is 15.2 Å². The van der Waals surface area contributed by atoms with Crippen LogP contribution in [0.4, 0.5) is 30.6 Å². The zero-order valence-electron chi connectivity index (χ0n) is 19.0. The van der Waals surface area contributed by atoms with E-state index in [0.717, 1.165) is 11.1 Å². The third-order valence-corrected chi connectivity index (χ3v) is 5.20. The summed E-state index contributed by atoms with van der Waals surface area (Å²) in [4.78, 5) is 25.0. The maximum absolute atomic E-state index is 13.3. The summed E-state index contributed by atoms with van der Waals surface area (Å²) in [6.07, 6.45) is 1.86. The van der Waals surface area contributed by atoms with Crippen molar-refractivity contribution in [3.05, 3.63) is 65.7 Å². The van der Waals surface area contributed by atoms with Gasteiger partial charge in [0.2, 0.25) is 5.95 Å². The number of aromatic nitrogens is 3. The minimum atomic E-state index is -4.51. The Morgan fingerprint density at radius 2 is 2.03 bits per heavy atom.